The van der Waals surface area contributed by atoms with Crippen LogP contribution in [0.1, 0.15) is 110 Å². The van der Waals surface area contributed by atoms with Crippen LogP contribution in [0.2, 0.25) is 0 Å². The first-order valence-corrected chi connectivity index (χ1v) is 12.4. The van der Waals surface area contributed by atoms with Gasteiger partial charge in [0.25, 0.3) is 0 Å². The standard InChI is InChI=1S/C26H43N3O/c1-3-4-5-6-7-8-9-10-11-12-13-14-15-18-21-29-25-20-17-16-19-24(25)28-26(29)22-27-23(2)30/h16-17,19-20H,3-15,18,21-22H2,1-2H3,(H,27,30). The lowest BCUT2D eigenvalue weighted by Gasteiger charge is -2.10. The van der Waals surface area contributed by atoms with Crippen molar-refractivity contribution >= 4 is 16.9 Å². The number of fused-ring (bicyclic) bond motifs is 1. The number of carbonyl (C=O) groups excluding carboxylic acids is 1. The molecule has 0 bridgehead atoms. The number of aryl methyl sites for hydroxylation is 1. The first-order valence-electron chi connectivity index (χ1n) is 12.4. The highest BCUT2D eigenvalue weighted by Crippen LogP contribution is 2.18. The van der Waals surface area contributed by atoms with Crippen molar-refractivity contribution in [2.24, 2.45) is 0 Å². The highest BCUT2D eigenvalue weighted by atomic mass is 16.1. The molecule has 2 aromatic rings. The molecule has 2 rings (SSSR count). The fraction of sp³-hybridized carbons (Fsp3) is 0.692. The molecule has 0 saturated heterocycles. The zero-order chi connectivity index (χ0) is 21.4. The number of benzene rings is 1. The van der Waals surface area contributed by atoms with Gasteiger partial charge in [0.1, 0.15) is 5.82 Å². The maximum atomic E-state index is 11.3. The van der Waals surface area contributed by atoms with E-state index in [0.29, 0.717) is 6.54 Å². The van der Waals surface area contributed by atoms with E-state index in [1.165, 1.54) is 95.4 Å². The second-order valence-corrected chi connectivity index (χ2v) is 8.67. The summed E-state index contributed by atoms with van der Waals surface area (Å²) in [5, 5.41) is 2.89. The summed E-state index contributed by atoms with van der Waals surface area (Å²) in [6, 6.07) is 8.26. The van der Waals surface area contributed by atoms with Crippen LogP contribution < -0.4 is 5.32 Å². The Kier molecular flexibility index (Phi) is 12.2. The fourth-order valence-electron chi connectivity index (χ4n) is 4.18. The van der Waals surface area contributed by atoms with Crippen molar-refractivity contribution < 1.29 is 4.79 Å². The van der Waals surface area contributed by atoms with Crippen LogP contribution in [0.15, 0.2) is 24.3 Å². The summed E-state index contributed by atoms with van der Waals surface area (Å²) >= 11 is 0. The molecule has 30 heavy (non-hydrogen) atoms. The molecule has 0 aliphatic carbocycles. The van der Waals surface area contributed by atoms with Crippen molar-refractivity contribution in [2.45, 2.75) is 117 Å². The van der Waals surface area contributed by atoms with Crippen molar-refractivity contribution in [1.82, 2.24) is 14.9 Å². The molecular weight excluding hydrogens is 370 g/mol. The molecule has 0 atom stereocenters. The lowest BCUT2D eigenvalue weighted by atomic mass is 10.0. The summed E-state index contributed by atoms with van der Waals surface area (Å²) in [6.45, 7) is 5.32. The summed E-state index contributed by atoms with van der Waals surface area (Å²) in [6.07, 6.45) is 19.3. The molecule has 0 saturated carbocycles. The molecule has 0 aliphatic rings. The van der Waals surface area contributed by atoms with Crippen LogP contribution in [0.25, 0.3) is 11.0 Å². The average molecular weight is 414 g/mol. The molecule has 0 aliphatic heterocycles. The monoisotopic (exact) mass is 413 g/mol. The van der Waals surface area contributed by atoms with Gasteiger partial charge in [-0.1, -0.05) is 103 Å². The third-order valence-electron chi connectivity index (χ3n) is 5.96. The number of carbonyl (C=O) groups is 1. The van der Waals surface area contributed by atoms with E-state index < -0.39 is 0 Å². The Morgan fingerprint density at radius 2 is 1.37 bits per heavy atom. The molecule has 0 radical (unpaired) electrons. The van der Waals surface area contributed by atoms with Crippen LogP contribution in [-0.4, -0.2) is 15.5 Å². The molecule has 1 N–H and O–H groups in total. The number of unbranched alkanes of at least 4 members (excludes halogenated alkanes) is 13. The van der Waals surface area contributed by atoms with E-state index >= 15 is 0 Å². The van der Waals surface area contributed by atoms with Crippen LogP contribution in [0.4, 0.5) is 0 Å². The third kappa shape index (κ3) is 9.32. The molecule has 0 unspecified atom stereocenters. The topological polar surface area (TPSA) is 46.9 Å². The molecule has 1 aromatic carbocycles. The van der Waals surface area contributed by atoms with E-state index in [0.717, 1.165) is 17.9 Å². The Hall–Kier alpha value is -1.84. The molecule has 1 aromatic heterocycles. The van der Waals surface area contributed by atoms with Crippen LogP contribution >= 0.6 is 0 Å². The second-order valence-electron chi connectivity index (χ2n) is 8.67. The van der Waals surface area contributed by atoms with Crippen molar-refractivity contribution in [3.63, 3.8) is 0 Å². The van der Waals surface area contributed by atoms with E-state index in [1.807, 2.05) is 12.1 Å². The summed E-state index contributed by atoms with van der Waals surface area (Å²) in [7, 11) is 0. The molecule has 4 nitrogen and oxygen atoms in total. The summed E-state index contributed by atoms with van der Waals surface area (Å²) < 4.78 is 2.28. The SMILES string of the molecule is CCCCCCCCCCCCCCCCn1c(CNC(C)=O)nc2ccccc21. The predicted octanol–water partition coefficient (Wildman–Crippen LogP) is 7.15. The number of hydrogen-bond acceptors (Lipinski definition) is 2. The summed E-state index contributed by atoms with van der Waals surface area (Å²) in [5.41, 5.74) is 2.19. The van der Waals surface area contributed by atoms with Gasteiger partial charge in [-0.05, 0) is 18.6 Å². The van der Waals surface area contributed by atoms with Gasteiger partial charge in [-0.3, -0.25) is 4.79 Å². The maximum Gasteiger partial charge on any atom is 0.217 e. The molecule has 0 spiro atoms. The number of rotatable bonds is 17. The first kappa shape index (κ1) is 24.4. The lowest BCUT2D eigenvalue weighted by Crippen LogP contribution is -2.21. The van der Waals surface area contributed by atoms with Gasteiger partial charge < -0.3 is 9.88 Å². The highest BCUT2D eigenvalue weighted by molar-refractivity contribution is 5.76. The summed E-state index contributed by atoms with van der Waals surface area (Å²) in [4.78, 5) is 16.0. The van der Waals surface area contributed by atoms with Crippen molar-refractivity contribution in [3.8, 4) is 0 Å². The van der Waals surface area contributed by atoms with Gasteiger partial charge in [0.15, 0.2) is 0 Å². The Labute approximate surface area is 183 Å². The minimum Gasteiger partial charge on any atom is -0.349 e. The number of aromatic nitrogens is 2. The highest BCUT2D eigenvalue weighted by Gasteiger charge is 2.10. The number of imidazole rings is 1. The zero-order valence-electron chi connectivity index (χ0n) is 19.4. The second kappa shape index (κ2) is 15.0. The molecule has 1 heterocycles. The van der Waals surface area contributed by atoms with Gasteiger partial charge in [0.05, 0.1) is 17.6 Å². The molecule has 0 fully saturated rings. The van der Waals surface area contributed by atoms with Crippen molar-refractivity contribution in [2.75, 3.05) is 0 Å². The quantitative estimate of drug-likeness (QED) is 0.280. The van der Waals surface area contributed by atoms with Gasteiger partial charge in [-0.25, -0.2) is 4.98 Å². The van der Waals surface area contributed by atoms with E-state index in [9.17, 15) is 4.79 Å². The lowest BCUT2D eigenvalue weighted by molar-refractivity contribution is -0.119. The number of hydrogen-bond donors (Lipinski definition) is 1. The molecule has 4 heteroatoms. The Bertz CT molecular complexity index is 722. The smallest absolute Gasteiger partial charge is 0.217 e. The molecular formula is C26H43N3O. The van der Waals surface area contributed by atoms with E-state index in [1.54, 1.807) is 6.92 Å². The molecule has 1 amide bonds. The number of amides is 1. The van der Waals surface area contributed by atoms with Gasteiger partial charge in [-0.15, -0.1) is 0 Å². The Balaban J connectivity index is 1.57. The van der Waals surface area contributed by atoms with E-state index in [4.69, 9.17) is 4.98 Å². The van der Waals surface area contributed by atoms with Gasteiger partial charge in [-0.2, -0.15) is 0 Å². The normalized spacial score (nSPS) is 11.3. The van der Waals surface area contributed by atoms with Crippen molar-refractivity contribution in [3.05, 3.63) is 30.1 Å². The number of nitrogens with one attached hydrogen (secondary N) is 1. The number of nitrogens with zero attached hydrogens (tertiary/aromatic N) is 2. The number of para-hydroxylation sites is 2. The fourth-order valence-corrected chi connectivity index (χ4v) is 4.18. The third-order valence-corrected chi connectivity index (χ3v) is 5.96. The van der Waals surface area contributed by atoms with E-state index in [-0.39, 0.29) is 5.91 Å². The Morgan fingerprint density at radius 1 is 0.833 bits per heavy atom. The largest absolute Gasteiger partial charge is 0.349 e. The maximum absolute atomic E-state index is 11.3. The van der Waals surface area contributed by atoms with Gasteiger partial charge in [0.2, 0.25) is 5.91 Å². The predicted molar refractivity (Wildman–Crippen MR) is 128 cm³/mol. The summed E-state index contributed by atoms with van der Waals surface area (Å²) in [5.74, 6) is 0.950. The van der Waals surface area contributed by atoms with Crippen LogP contribution in [0, 0.1) is 0 Å². The molecule has 168 valence electrons. The van der Waals surface area contributed by atoms with Crippen LogP contribution in [0.3, 0.4) is 0 Å². The Morgan fingerprint density at radius 3 is 1.93 bits per heavy atom. The van der Waals surface area contributed by atoms with Crippen LogP contribution in [-0.2, 0) is 17.9 Å². The first-order chi connectivity index (χ1) is 14.7. The van der Waals surface area contributed by atoms with Gasteiger partial charge in [0, 0.05) is 13.5 Å². The average Bonchev–Trinajstić information content (AvgIpc) is 3.10. The minimum atomic E-state index is -0.00917. The zero-order valence-corrected chi connectivity index (χ0v) is 19.4. The minimum absolute atomic E-state index is 0.00917. The van der Waals surface area contributed by atoms with Crippen LogP contribution in [0.5, 0.6) is 0 Å². The van der Waals surface area contributed by atoms with Crippen molar-refractivity contribution in [1.29, 1.82) is 0 Å². The van der Waals surface area contributed by atoms with Gasteiger partial charge >= 0.3 is 0 Å². The van der Waals surface area contributed by atoms with E-state index in [2.05, 4.69) is 28.9 Å².